The van der Waals surface area contributed by atoms with Gasteiger partial charge in [-0.15, -0.1) is 0 Å². The molecule has 0 aromatic heterocycles. The zero-order chi connectivity index (χ0) is 14.0. The van der Waals surface area contributed by atoms with Crippen molar-refractivity contribution in [3.8, 4) is 0 Å². The van der Waals surface area contributed by atoms with Gasteiger partial charge >= 0.3 is 5.97 Å². The van der Waals surface area contributed by atoms with E-state index in [0.29, 0.717) is 6.04 Å². The van der Waals surface area contributed by atoms with Crippen LogP contribution >= 0.6 is 0 Å². The summed E-state index contributed by atoms with van der Waals surface area (Å²) in [6.07, 6.45) is 6.61. The summed E-state index contributed by atoms with van der Waals surface area (Å²) in [6.45, 7) is 6.54. The average molecular weight is 268 g/mol. The second-order valence-electron chi connectivity index (χ2n) is 6.89. The number of carboxylic acids is 1. The van der Waals surface area contributed by atoms with E-state index in [1.165, 1.54) is 25.7 Å². The summed E-state index contributed by atoms with van der Waals surface area (Å²) in [4.78, 5) is 15.9. The van der Waals surface area contributed by atoms with Crippen molar-refractivity contribution in [2.45, 2.75) is 70.0 Å². The van der Waals surface area contributed by atoms with Crippen LogP contribution in [0.4, 0.5) is 0 Å². The molecule has 0 amide bonds. The minimum Gasteiger partial charge on any atom is -0.481 e. The van der Waals surface area contributed by atoms with E-state index in [1.807, 2.05) is 0 Å². The lowest BCUT2D eigenvalue weighted by atomic mass is 9.95. The highest BCUT2D eigenvalue weighted by Gasteiger charge is 2.39. The second kappa shape index (κ2) is 5.80. The van der Waals surface area contributed by atoms with Gasteiger partial charge in [-0.2, -0.15) is 0 Å². The van der Waals surface area contributed by atoms with Gasteiger partial charge in [0.05, 0.1) is 6.42 Å². The van der Waals surface area contributed by atoms with E-state index >= 15 is 0 Å². The molecule has 2 rings (SSSR count). The monoisotopic (exact) mass is 268 g/mol. The molecule has 110 valence electrons. The minimum absolute atomic E-state index is 0.153. The third kappa shape index (κ3) is 3.48. The van der Waals surface area contributed by atoms with Gasteiger partial charge in [0.25, 0.3) is 0 Å². The number of carbonyl (C=O) groups is 1. The molecule has 2 aliphatic rings. The molecule has 0 aromatic carbocycles. The molecule has 1 heterocycles. The Hall–Kier alpha value is -0.610. The van der Waals surface area contributed by atoms with Gasteiger partial charge in [0.15, 0.2) is 0 Å². The van der Waals surface area contributed by atoms with E-state index in [-0.39, 0.29) is 18.0 Å². The van der Waals surface area contributed by atoms with Crippen LogP contribution in [0.3, 0.4) is 0 Å². The largest absolute Gasteiger partial charge is 0.481 e. The van der Waals surface area contributed by atoms with Crippen molar-refractivity contribution in [2.75, 3.05) is 20.1 Å². The number of likely N-dealkylation sites (N-methyl/N-ethyl adjacent to an activating group) is 1. The van der Waals surface area contributed by atoms with Crippen LogP contribution in [0, 0.1) is 0 Å². The predicted octanol–water partition coefficient (Wildman–Crippen LogP) is 2.19. The summed E-state index contributed by atoms with van der Waals surface area (Å²) in [5, 5.41) is 9.11. The molecule has 1 saturated carbocycles. The van der Waals surface area contributed by atoms with Crippen LogP contribution in [0.2, 0.25) is 0 Å². The van der Waals surface area contributed by atoms with Crippen molar-refractivity contribution in [1.29, 1.82) is 0 Å². The maximum atomic E-state index is 11.1. The highest BCUT2D eigenvalue weighted by Crippen LogP contribution is 2.33. The van der Waals surface area contributed by atoms with Gasteiger partial charge in [0, 0.05) is 24.2 Å². The van der Waals surface area contributed by atoms with Crippen LogP contribution in [0.5, 0.6) is 0 Å². The second-order valence-corrected chi connectivity index (χ2v) is 6.89. The molecule has 0 spiro atoms. The first kappa shape index (κ1) is 14.8. The van der Waals surface area contributed by atoms with Crippen molar-refractivity contribution in [2.24, 2.45) is 0 Å². The molecule has 1 aliphatic carbocycles. The topological polar surface area (TPSA) is 43.8 Å². The fourth-order valence-corrected chi connectivity index (χ4v) is 3.67. The molecule has 1 saturated heterocycles. The minimum atomic E-state index is -0.678. The summed E-state index contributed by atoms with van der Waals surface area (Å²) in [5.74, 6) is -0.678. The summed E-state index contributed by atoms with van der Waals surface area (Å²) >= 11 is 0. The zero-order valence-electron chi connectivity index (χ0n) is 12.6. The van der Waals surface area contributed by atoms with Crippen molar-refractivity contribution in [1.82, 2.24) is 9.80 Å². The van der Waals surface area contributed by atoms with Crippen molar-refractivity contribution in [3.63, 3.8) is 0 Å². The van der Waals surface area contributed by atoms with Crippen molar-refractivity contribution in [3.05, 3.63) is 0 Å². The maximum absolute atomic E-state index is 11.1. The molecule has 2 fully saturated rings. The first-order chi connectivity index (χ1) is 8.90. The third-order valence-corrected chi connectivity index (χ3v) is 5.06. The molecule has 0 radical (unpaired) electrons. The van der Waals surface area contributed by atoms with Crippen molar-refractivity contribution >= 4 is 5.97 Å². The first-order valence-corrected chi connectivity index (χ1v) is 7.59. The zero-order valence-corrected chi connectivity index (χ0v) is 12.6. The molecule has 1 unspecified atom stereocenters. The number of rotatable bonds is 3. The SMILES string of the molecule is CN1CCC(C)(C)N(C2CCCC2)CC1CC(=O)O. The Balaban J connectivity index is 2.14. The van der Waals surface area contributed by atoms with E-state index in [2.05, 4.69) is 30.7 Å². The smallest absolute Gasteiger partial charge is 0.304 e. The molecule has 4 nitrogen and oxygen atoms in total. The Morgan fingerprint density at radius 1 is 1.32 bits per heavy atom. The Kier molecular flexibility index (Phi) is 4.51. The van der Waals surface area contributed by atoms with Crippen LogP contribution in [0.1, 0.15) is 52.4 Å². The Labute approximate surface area is 116 Å². The number of carboxylic acid groups (broad SMARTS) is 1. The Morgan fingerprint density at radius 2 is 1.95 bits per heavy atom. The number of aliphatic carboxylic acids is 1. The fraction of sp³-hybridized carbons (Fsp3) is 0.933. The summed E-state index contributed by atoms with van der Waals surface area (Å²) in [7, 11) is 2.07. The number of nitrogens with zero attached hydrogens (tertiary/aromatic N) is 2. The molecule has 1 N–H and O–H groups in total. The normalized spacial score (nSPS) is 30.4. The molecule has 0 bridgehead atoms. The molecule has 1 aliphatic heterocycles. The van der Waals surface area contributed by atoms with Crippen LogP contribution < -0.4 is 0 Å². The van der Waals surface area contributed by atoms with E-state index in [1.54, 1.807) is 0 Å². The van der Waals surface area contributed by atoms with Gasteiger partial charge in [-0.25, -0.2) is 0 Å². The maximum Gasteiger partial charge on any atom is 0.304 e. The van der Waals surface area contributed by atoms with E-state index < -0.39 is 5.97 Å². The molecular weight excluding hydrogens is 240 g/mol. The highest BCUT2D eigenvalue weighted by molar-refractivity contribution is 5.67. The number of hydrogen-bond acceptors (Lipinski definition) is 3. The molecule has 0 aromatic rings. The summed E-state index contributed by atoms with van der Waals surface area (Å²) in [6, 6.07) is 0.817. The Bertz CT molecular complexity index is 324. The lowest BCUT2D eigenvalue weighted by Gasteiger charge is -2.42. The van der Waals surface area contributed by atoms with Crippen molar-refractivity contribution < 1.29 is 9.90 Å². The number of hydrogen-bond donors (Lipinski definition) is 1. The molecular formula is C15H28N2O2. The summed E-state index contributed by atoms with van der Waals surface area (Å²) < 4.78 is 0. The predicted molar refractivity (Wildman–Crippen MR) is 76.3 cm³/mol. The van der Waals surface area contributed by atoms with Gasteiger partial charge in [-0.05, 0) is 46.7 Å². The average Bonchev–Trinajstić information content (AvgIpc) is 2.80. The van der Waals surface area contributed by atoms with Crippen LogP contribution in [-0.4, -0.2) is 58.6 Å². The molecule has 1 atom stereocenters. The van der Waals surface area contributed by atoms with E-state index in [9.17, 15) is 4.79 Å². The highest BCUT2D eigenvalue weighted by atomic mass is 16.4. The van der Waals surface area contributed by atoms with Gasteiger partial charge in [-0.1, -0.05) is 12.8 Å². The first-order valence-electron chi connectivity index (χ1n) is 7.59. The summed E-state index contributed by atoms with van der Waals surface area (Å²) in [5.41, 5.74) is 0.191. The molecule has 4 heteroatoms. The van der Waals surface area contributed by atoms with Gasteiger partial charge in [0.1, 0.15) is 0 Å². The van der Waals surface area contributed by atoms with E-state index in [4.69, 9.17) is 5.11 Å². The van der Waals surface area contributed by atoms with Crippen LogP contribution in [0.25, 0.3) is 0 Å². The third-order valence-electron chi connectivity index (χ3n) is 5.06. The fourth-order valence-electron chi connectivity index (χ4n) is 3.67. The van der Waals surface area contributed by atoms with Crippen LogP contribution in [-0.2, 0) is 4.79 Å². The standard InChI is InChI=1S/C15H28N2O2/c1-15(2)8-9-16(3)13(10-14(18)19)11-17(15)12-6-4-5-7-12/h12-13H,4-11H2,1-3H3,(H,18,19). The van der Waals surface area contributed by atoms with E-state index in [0.717, 1.165) is 19.5 Å². The van der Waals surface area contributed by atoms with Gasteiger partial charge < -0.3 is 10.0 Å². The van der Waals surface area contributed by atoms with Gasteiger partial charge in [0.2, 0.25) is 0 Å². The Morgan fingerprint density at radius 3 is 2.53 bits per heavy atom. The lowest BCUT2D eigenvalue weighted by molar-refractivity contribution is -0.138. The quantitative estimate of drug-likeness (QED) is 0.852. The van der Waals surface area contributed by atoms with Crippen LogP contribution in [0.15, 0.2) is 0 Å². The van der Waals surface area contributed by atoms with Gasteiger partial charge in [-0.3, -0.25) is 9.69 Å². The lowest BCUT2D eigenvalue weighted by Crippen LogP contribution is -2.51. The molecule has 19 heavy (non-hydrogen) atoms.